The summed E-state index contributed by atoms with van der Waals surface area (Å²) in [4.78, 5) is 2.54. The van der Waals surface area contributed by atoms with Crippen LogP contribution in [0.1, 0.15) is 22.7 Å². The molecule has 24 heavy (non-hydrogen) atoms. The fraction of sp³-hybridized carbons (Fsp3) is 0.130. The Morgan fingerprint density at radius 1 is 0.625 bits per heavy atom. The molecule has 1 fully saturated rings. The summed E-state index contributed by atoms with van der Waals surface area (Å²) in [6.45, 7) is 2.06. The van der Waals surface area contributed by atoms with Gasteiger partial charge in [0.25, 0.3) is 0 Å². The molecule has 0 atom stereocenters. The fourth-order valence-corrected chi connectivity index (χ4v) is 3.42. The molecule has 0 aromatic heterocycles. The van der Waals surface area contributed by atoms with Gasteiger partial charge < -0.3 is 0 Å². The van der Waals surface area contributed by atoms with E-state index >= 15 is 0 Å². The van der Waals surface area contributed by atoms with Crippen LogP contribution in [0.25, 0.3) is 6.08 Å². The van der Waals surface area contributed by atoms with Crippen LogP contribution in [0.2, 0.25) is 0 Å². The van der Waals surface area contributed by atoms with Gasteiger partial charge in [-0.1, -0.05) is 97.1 Å². The normalized spacial score (nSPS) is 14.5. The highest BCUT2D eigenvalue weighted by atomic mass is 15.2. The van der Waals surface area contributed by atoms with Gasteiger partial charge in [0.1, 0.15) is 0 Å². The zero-order valence-electron chi connectivity index (χ0n) is 13.7. The highest BCUT2D eigenvalue weighted by molar-refractivity contribution is 5.55. The van der Waals surface area contributed by atoms with Crippen LogP contribution in [0.3, 0.4) is 0 Å². The van der Waals surface area contributed by atoms with Crippen molar-refractivity contribution in [2.24, 2.45) is 0 Å². The molecule has 4 rings (SSSR count). The van der Waals surface area contributed by atoms with E-state index in [9.17, 15) is 0 Å². The highest BCUT2D eigenvalue weighted by Crippen LogP contribution is 2.34. The van der Waals surface area contributed by atoms with E-state index in [0.717, 1.165) is 13.1 Å². The molecule has 0 bridgehead atoms. The van der Waals surface area contributed by atoms with Gasteiger partial charge in [0.2, 0.25) is 0 Å². The maximum Gasteiger partial charge on any atom is 0.0607 e. The molecule has 0 spiro atoms. The Morgan fingerprint density at radius 3 is 1.58 bits per heavy atom. The van der Waals surface area contributed by atoms with Crippen molar-refractivity contribution in [3.63, 3.8) is 0 Å². The van der Waals surface area contributed by atoms with E-state index in [0.29, 0.717) is 6.04 Å². The van der Waals surface area contributed by atoms with Gasteiger partial charge in [0.15, 0.2) is 0 Å². The third-order valence-electron chi connectivity index (χ3n) is 4.58. The van der Waals surface area contributed by atoms with Crippen molar-refractivity contribution in [2.75, 3.05) is 13.1 Å². The smallest absolute Gasteiger partial charge is 0.0607 e. The molecule has 0 N–H and O–H groups in total. The van der Waals surface area contributed by atoms with E-state index in [4.69, 9.17) is 0 Å². The molecule has 3 aromatic rings. The summed E-state index contributed by atoms with van der Waals surface area (Å²) in [6, 6.07) is 32.6. The topological polar surface area (TPSA) is 3.24 Å². The Kier molecular flexibility index (Phi) is 4.26. The predicted molar refractivity (Wildman–Crippen MR) is 101 cm³/mol. The van der Waals surface area contributed by atoms with E-state index in [1.54, 1.807) is 0 Å². The Morgan fingerprint density at radius 2 is 1.08 bits per heavy atom. The monoisotopic (exact) mass is 311 g/mol. The molecule has 1 heteroatoms. The van der Waals surface area contributed by atoms with Gasteiger partial charge in [-0.15, -0.1) is 0 Å². The molecule has 0 saturated carbocycles. The quantitative estimate of drug-likeness (QED) is 0.642. The second-order valence-corrected chi connectivity index (χ2v) is 6.34. The molecular weight excluding hydrogens is 290 g/mol. The molecule has 118 valence electrons. The van der Waals surface area contributed by atoms with Crippen LogP contribution in [-0.2, 0) is 0 Å². The lowest BCUT2D eigenvalue weighted by Crippen LogP contribution is -2.43. The molecule has 1 saturated heterocycles. The SMILES string of the molecule is C(=C1CN(C(c2ccccc2)c2ccccc2)C1)c1ccccc1. The van der Waals surface area contributed by atoms with E-state index in [1.165, 1.54) is 22.3 Å². The average molecular weight is 311 g/mol. The Balaban J connectivity index is 1.57. The summed E-state index contributed by atoms with van der Waals surface area (Å²) in [5.41, 5.74) is 5.52. The van der Waals surface area contributed by atoms with Crippen molar-refractivity contribution in [2.45, 2.75) is 6.04 Å². The van der Waals surface area contributed by atoms with Gasteiger partial charge in [0, 0.05) is 13.1 Å². The second-order valence-electron chi connectivity index (χ2n) is 6.34. The number of likely N-dealkylation sites (tertiary alicyclic amines) is 1. The second kappa shape index (κ2) is 6.86. The summed E-state index contributed by atoms with van der Waals surface area (Å²) in [5.74, 6) is 0. The van der Waals surface area contributed by atoms with Crippen LogP contribution < -0.4 is 0 Å². The van der Waals surface area contributed by atoms with Crippen LogP contribution in [0.15, 0.2) is 96.6 Å². The van der Waals surface area contributed by atoms with E-state index < -0.39 is 0 Å². The summed E-state index contributed by atoms with van der Waals surface area (Å²) in [5, 5.41) is 0. The molecule has 1 heterocycles. The van der Waals surface area contributed by atoms with Gasteiger partial charge in [0.05, 0.1) is 6.04 Å². The van der Waals surface area contributed by atoms with Crippen LogP contribution in [0.5, 0.6) is 0 Å². The van der Waals surface area contributed by atoms with Crippen LogP contribution in [0.4, 0.5) is 0 Å². The van der Waals surface area contributed by atoms with Crippen molar-refractivity contribution in [1.82, 2.24) is 4.90 Å². The zero-order chi connectivity index (χ0) is 16.2. The minimum Gasteiger partial charge on any atom is -0.284 e. The molecular formula is C23H21N. The number of hydrogen-bond donors (Lipinski definition) is 0. The lowest BCUT2D eigenvalue weighted by atomic mass is 9.92. The molecule has 0 amide bonds. The third kappa shape index (κ3) is 3.17. The van der Waals surface area contributed by atoms with Crippen molar-refractivity contribution in [1.29, 1.82) is 0 Å². The average Bonchev–Trinajstić information content (AvgIpc) is 2.62. The number of rotatable bonds is 4. The van der Waals surface area contributed by atoms with Gasteiger partial charge in [-0.05, 0) is 22.3 Å². The van der Waals surface area contributed by atoms with Crippen molar-refractivity contribution < 1.29 is 0 Å². The van der Waals surface area contributed by atoms with Gasteiger partial charge in [-0.2, -0.15) is 0 Å². The molecule has 1 aliphatic heterocycles. The molecule has 0 aliphatic carbocycles. The Labute approximate surface area is 143 Å². The molecule has 3 aromatic carbocycles. The standard InChI is InChI=1S/C23H21N/c1-4-10-19(11-5-1)16-20-17-24(18-20)23(21-12-6-2-7-13-21)22-14-8-3-9-15-22/h1-16,23H,17-18H2. The first-order valence-electron chi connectivity index (χ1n) is 8.48. The zero-order valence-corrected chi connectivity index (χ0v) is 13.7. The molecule has 1 nitrogen and oxygen atoms in total. The maximum absolute atomic E-state index is 2.54. The first-order chi connectivity index (χ1) is 11.9. The minimum atomic E-state index is 0.334. The van der Waals surface area contributed by atoms with Crippen LogP contribution >= 0.6 is 0 Å². The third-order valence-corrected chi connectivity index (χ3v) is 4.58. The van der Waals surface area contributed by atoms with E-state index in [2.05, 4.69) is 102 Å². The van der Waals surface area contributed by atoms with Crippen LogP contribution in [-0.4, -0.2) is 18.0 Å². The molecule has 0 radical (unpaired) electrons. The number of benzene rings is 3. The number of nitrogens with zero attached hydrogens (tertiary/aromatic N) is 1. The summed E-state index contributed by atoms with van der Waals surface area (Å²) >= 11 is 0. The Bertz CT molecular complexity index is 759. The van der Waals surface area contributed by atoms with Crippen molar-refractivity contribution in [3.8, 4) is 0 Å². The van der Waals surface area contributed by atoms with Crippen molar-refractivity contribution >= 4 is 6.08 Å². The van der Waals surface area contributed by atoms with Crippen LogP contribution in [0, 0.1) is 0 Å². The highest BCUT2D eigenvalue weighted by Gasteiger charge is 2.29. The van der Waals surface area contributed by atoms with Gasteiger partial charge in [-0.25, -0.2) is 0 Å². The lowest BCUT2D eigenvalue weighted by molar-refractivity contribution is 0.203. The largest absolute Gasteiger partial charge is 0.284 e. The number of hydrogen-bond acceptors (Lipinski definition) is 1. The van der Waals surface area contributed by atoms with Gasteiger partial charge in [-0.3, -0.25) is 4.90 Å². The van der Waals surface area contributed by atoms with Gasteiger partial charge >= 0.3 is 0 Å². The van der Waals surface area contributed by atoms with Crippen molar-refractivity contribution in [3.05, 3.63) is 113 Å². The lowest BCUT2D eigenvalue weighted by Gasteiger charge is -2.41. The predicted octanol–water partition coefficient (Wildman–Crippen LogP) is 5.18. The fourth-order valence-electron chi connectivity index (χ4n) is 3.42. The maximum atomic E-state index is 2.54. The summed E-state index contributed by atoms with van der Waals surface area (Å²) in [6.07, 6.45) is 2.32. The summed E-state index contributed by atoms with van der Waals surface area (Å²) < 4.78 is 0. The Hall–Kier alpha value is -2.64. The minimum absolute atomic E-state index is 0.334. The first kappa shape index (κ1) is 14.9. The molecule has 1 aliphatic rings. The summed E-state index contributed by atoms with van der Waals surface area (Å²) in [7, 11) is 0. The molecule has 0 unspecified atom stereocenters. The van der Waals surface area contributed by atoms with E-state index in [-0.39, 0.29) is 0 Å². The van der Waals surface area contributed by atoms with E-state index in [1.807, 2.05) is 0 Å². The first-order valence-corrected chi connectivity index (χ1v) is 8.48.